The molecular weight excluding hydrogens is 237 g/mol. The zero-order valence-corrected chi connectivity index (χ0v) is 11.2. The van der Waals surface area contributed by atoms with Gasteiger partial charge in [0.2, 0.25) is 0 Å². The van der Waals surface area contributed by atoms with Crippen LogP contribution in [0.1, 0.15) is 26.2 Å². The van der Waals surface area contributed by atoms with Crippen LogP contribution in [-0.4, -0.2) is 25.7 Å². The highest BCUT2D eigenvalue weighted by Gasteiger charge is 1.99. The molecule has 0 radical (unpaired) electrons. The predicted molar refractivity (Wildman–Crippen MR) is 73.1 cm³/mol. The number of nitrogens with two attached hydrogens (primary N) is 1. The van der Waals surface area contributed by atoms with Crippen molar-refractivity contribution >= 4 is 17.0 Å². The Bertz CT molecular complexity index is 304. The molecule has 0 aliphatic rings. The van der Waals surface area contributed by atoms with Crippen LogP contribution in [0, 0.1) is 5.13 Å². The summed E-state index contributed by atoms with van der Waals surface area (Å²) in [5.41, 5.74) is 6.35. The average Bonchev–Trinajstić information content (AvgIpc) is 2.70. The van der Waals surface area contributed by atoms with E-state index in [9.17, 15) is 4.39 Å². The number of unbranched alkanes of at least 4 members (excludes halogenated alkanes) is 1. The number of nitrogens with one attached hydrogen (secondary N) is 2. The van der Waals surface area contributed by atoms with E-state index >= 15 is 0 Å². The van der Waals surface area contributed by atoms with Gasteiger partial charge < -0.3 is 16.4 Å². The van der Waals surface area contributed by atoms with Crippen molar-refractivity contribution in [2.24, 2.45) is 5.73 Å². The van der Waals surface area contributed by atoms with Crippen molar-refractivity contribution < 1.29 is 4.39 Å². The van der Waals surface area contributed by atoms with Crippen molar-refractivity contribution in [3.8, 4) is 0 Å². The highest BCUT2D eigenvalue weighted by Crippen LogP contribution is 2.16. The lowest BCUT2D eigenvalue weighted by Crippen LogP contribution is -2.29. The smallest absolute Gasteiger partial charge is 0.178 e. The quantitative estimate of drug-likeness (QED) is 0.597. The van der Waals surface area contributed by atoms with E-state index in [0.717, 1.165) is 55.9 Å². The molecule has 1 atom stereocenters. The molecule has 0 fully saturated rings. The minimum atomic E-state index is -0.134. The molecule has 98 valence electrons. The molecule has 5 heteroatoms. The topological polar surface area (TPSA) is 50.1 Å². The Hall–Kier alpha value is -0.650. The highest BCUT2D eigenvalue weighted by molar-refractivity contribution is 7.08. The van der Waals surface area contributed by atoms with E-state index in [-0.39, 0.29) is 5.13 Å². The first-order valence-electron chi connectivity index (χ1n) is 6.13. The minimum Gasteiger partial charge on any atom is -0.384 e. The molecule has 3 nitrogen and oxygen atoms in total. The third kappa shape index (κ3) is 6.61. The van der Waals surface area contributed by atoms with Gasteiger partial charge in [0.05, 0.1) is 0 Å². The van der Waals surface area contributed by atoms with Crippen molar-refractivity contribution in [3.63, 3.8) is 0 Å². The van der Waals surface area contributed by atoms with Gasteiger partial charge >= 0.3 is 0 Å². The van der Waals surface area contributed by atoms with Gasteiger partial charge in [-0.2, -0.15) is 4.39 Å². The number of anilines is 1. The van der Waals surface area contributed by atoms with Gasteiger partial charge in [-0.25, -0.2) is 0 Å². The Morgan fingerprint density at radius 3 is 2.82 bits per heavy atom. The van der Waals surface area contributed by atoms with Crippen molar-refractivity contribution in [3.05, 3.63) is 16.6 Å². The standard InChI is InChI=1S/C12H22FN3S/c1-10(4-5-14)15-6-2-3-7-16-11-8-12(13)17-9-11/h8-10,15-16H,2-7,14H2,1H3/t10-/m1/s1. The highest BCUT2D eigenvalue weighted by atomic mass is 32.1. The van der Waals surface area contributed by atoms with Crippen LogP contribution in [0.15, 0.2) is 11.4 Å². The average molecular weight is 259 g/mol. The molecule has 1 aromatic heterocycles. The minimum absolute atomic E-state index is 0.134. The summed E-state index contributed by atoms with van der Waals surface area (Å²) in [6.45, 7) is 4.79. The van der Waals surface area contributed by atoms with Crippen LogP contribution < -0.4 is 16.4 Å². The van der Waals surface area contributed by atoms with Gasteiger partial charge in [0.15, 0.2) is 5.13 Å². The number of rotatable bonds is 9. The summed E-state index contributed by atoms with van der Waals surface area (Å²) in [6.07, 6.45) is 3.22. The maximum absolute atomic E-state index is 12.7. The first-order chi connectivity index (χ1) is 8.22. The fourth-order valence-electron chi connectivity index (χ4n) is 1.59. The summed E-state index contributed by atoms with van der Waals surface area (Å²) in [6, 6.07) is 2.03. The number of thiophene rings is 1. The van der Waals surface area contributed by atoms with Gasteiger partial charge in [0.25, 0.3) is 0 Å². The Morgan fingerprint density at radius 2 is 2.18 bits per heavy atom. The molecule has 17 heavy (non-hydrogen) atoms. The molecule has 0 bridgehead atoms. The van der Waals surface area contributed by atoms with Gasteiger partial charge in [0.1, 0.15) is 0 Å². The van der Waals surface area contributed by atoms with Gasteiger partial charge in [-0.3, -0.25) is 0 Å². The SMILES string of the molecule is C[C@H](CCN)NCCCCNc1csc(F)c1. The van der Waals surface area contributed by atoms with Crippen LogP contribution in [0.2, 0.25) is 0 Å². The van der Waals surface area contributed by atoms with E-state index in [1.54, 1.807) is 5.38 Å². The molecular formula is C12H22FN3S. The Kier molecular flexibility index (Phi) is 7.16. The molecule has 4 N–H and O–H groups in total. The summed E-state index contributed by atoms with van der Waals surface area (Å²) in [4.78, 5) is 0. The zero-order valence-electron chi connectivity index (χ0n) is 10.3. The van der Waals surface area contributed by atoms with Gasteiger partial charge in [-0.05, 0) is 39.3 Å². The maximum atomic E-state index is 12.7. The van der Waals surface area contributed by atoms with Gasteiger partial charge in [-0.1, -0.05) is 0 Å². The Labute approximate surface area is 107 Å². The lowest BCUT2D eigenvalue weighted by Gasteiger charge is -2.12. The summed E-state index contributed by atoms with van der Waals surface area (Å²) in [5, 5.41) is 8.29. The molecule has 0 spiro atoms. The lowest BCUT2D eigenvalue weighted by molar-refractivity contribution is 0.507. The van der Waals surface area contributed by atoms with E-state index in [1.165, 1.54) is 6.07 Å². The maximum Gasteiger partial charge on any atom is 0.178 e. The van der Waals surface area contributed by atoms with Crippen LogP contribution in [0.5, 0.6) is 0 Å². The van der Waals surface area contributed by atoms with E-state index in [2.05, 4.69) is 17.6 Å². The summed E-state index contributed by atoms with van der Waals surface area (Å²) in [7, 11) is 0. The molecule has 0 aliphatic carbocycles. The number of halogens is 1. The molecule has 0 unspecified atom stereocenters. The molecule has 1 aromatic rings. The van der Waals surface area contributed by atoms with Crippen molar-refractivity contribution in [2.75, 3.05) is 25.0 Å². The van der Waals surface area contributed by atoms with Crippen molar-refractivity contribution in [1.29, 1.82) is 0 Å². The van der Waals surface area contributed by atoms with Crippen LogP contribution in [0.4, 0.5) is 10.1 Å². The predicted octanol–water partition coefficient (Wildman–Crippen LogP) is 2.41. The van der Waals surface area contributed by atoms with Crippen molar-refractivity contribution in [1.82, 2.24) is 5.32 Å². The molecule has 0 amide bonds. The second-order valence-corrected chi connectivity index (χ2v) is 5.07. The lowest BCUT2D eigenvalue weighted by atomic mass is 10.2. The number of hydrogen-bond acceptors (Lipinski definition) is 4. The van der Waals surface area contributed by atoms with E-state index in [4.69, 9.17) is 5.73 Å². The second-order valence-electron chi connectivity index (χ2n) is 4.21. The Morgan fingerprint density at radius 1 is 1.41 bits per heavy atom. The monoisotopic (exact) mass is 259 g/mol. The second kappa shape index (κ2) is 8.44. The molecule has 0 saturated carbocycles. The third-order valence-corrected chi connectivity index (χ3v) is 3.31. The normalized spacial score (nSPS) is 12.6. The van der Waals surface area contributed by atoms with Crippen LogP contribution in [0.3, 0.4) is 0 Å². The molecule has 1 rings (SSSR count). The van der Waals surface area contributed by atoms with E-state index in [1.807, 2.05) is 0 Å². The molecule has 1 heterocycles. The summed E-state index contributed by atoms with van der Waals surface area (Å²) >= 11 is 1.13. The fourth-order valence-corrected chi connectivity index (χ4v) is 2.17. The molecule has 0 aliphatic heterocycles. The van der Waals surface area contributed by atoms with E-state index in [0.29, 0.717) is 6.04 Å². The zero-order chi connectivity index (χ0) is 12.5. The van der Waals surface area contributed by atoms with Gasteiger partial charge in [0, 0.05) is 29.7 Å². The van der Waals surface area contributed by atoms with Crippen LogP contribution in [-0.2, 0) is 0 Å². The third-order valence-electron chi connectivity index (χ3n) is 2.59. The number of hydrogen-bond donors (Lipinski definition) is 3. The first kappa shape index (κ1) is 14.4. The fraction of sp³-hybridized carbons (Fsp3) is 0.667. The van der Waals surface area contributed by atoms with Crippen LogP contribution in [0.25, 0.3) is 0 Å². The summed E-state index contributed by atoms with van der Waals surface area (Å²) < 4.78 is 12.7. The van der Waals surface area contributed by atoms with Crippen molar-refractivity contribution in [2.45, 2.75) is 32.2 Å². The van der Waals surface area contributed by atoms with Gasteiger partial charge in [-0.15, -0.1) is 11.3 Å². The van der Waals surface area contributed by atoms with E-state index < -0.39 is 0 Å². The van der Waals surface area contributed by atoms with Crippen LogP contribution >= 0.6 is 11.3 Å². The first-order valence-corrected chi connectivity index (χ1v) is 7.01. The largest absolute Gasteiger partial charge is 0.384 e. The molecule has 0 aromatic carbocycles. The molecule has 0 saturated heterocycles. The summed E-state index contributed by atoms with van der Waals surface area (Å²) in [5.74, 6) is 0. The Balaban J connectivity index is 1.94.